The van der Waals surface area contributed by atoms with Gasteiger partial charge in [-0.3, -0.25) is 0 Å². The number of benzene rings is 1. The third-order valence-electron chi connectivity index (χ3n) is 3.73. The summed E-state index contributed by atoms with van der Waals surface area (Å²) in [6, 6.07) is 5.26. The minimum absolute atomic E-state index is 0.377. The Morgan fingerprint density at radius 1 is 1.00 bits per heavy atom. The lowest BCUT2D eigenvalue weighted by Crippen LogP contribution is -1.98. The zero-order valence-electron chi connectivity index (χ0n) is 12.6. The van der Waals surface area contributed by atoms with Crippen molar-refractivity contribution in [1.82, 2.24) is 0 Å². The average molecular weight is 286 g/mol. The molecule has 0 saturated carbocycles. The number of carbonyl (C=O) groups excluding carboxylic acids is 2. The van der Waals surface area contributed by atoms with Crippen molar-refractivity contribution in [2.24, 2.45) is 0 Å². The lowest BCUT2D eigenvalue weighted by atomic mass is 10.0. The number of hydrogen-bond acceptors (Lipinski definition) is 3. The Labute approximate surface area is 126 Å². The van der Waals surface area contributed by atoms with Gasteiger partial charge >= 0.3 is 11.9 Å². The summed E-state index contributed by atoms with van der Waals surface area (Å²) in [6.07, 6.45) is 12.6. The molecule has 0 N–H and O–H groups in total. The standard InChI is InChI=1S/C18H22O3/c1-2-3-4-5-6-7-8-9-11-14-12-10-13-15-16(14)18(20)21-17(15)19/h9-13H,2-8H2,1H3. The molecule has 0 radical (unpaired) electrons. The maximum Gasteiger partial charge on any atom is 0.347 e. The van der Waals surface area contributed by atoms with Crippen LogP contribution in [0.3, 0.4) is 0 Å². The summed E-state index contributed by atoms with van der Waals surface area (Å²) in [6.45, 7) is 2.22. The second kappa shape index (κ2) is 7.77. The zero-order valence-corrected chi connectivity index (χ0v) is 12.6. The van der Waals surface area contributed by atoms with Gasteiger partial charge in [-0.15, -0.1) is 0 Å². The summed E-state index contributed by atoms with van der Waals surface area (Å²) in [7, 11) is 0. The first kappa shape index (κ1) is 15.5. The summed E-state index contributed by atoms with van der Waals surface area (Å²) in [5.41, 5.74) is 1.55. The Bertz CT molecular complexity index is 543. The molecule has 1 aromatic carbocycles. The van der Waals surface area contributed by atoms with Gasteiger partial charge in [0.1, 0.15) is 0 Å². The first-order valence-electron chi connectivity index (χ1n) is 7.80. The molecule has 0 aromatic heterocycles. The molecule has 0 amide bonds. The van der Waals surface area contributed by atoms with E-state index in [1.165, 1.54) is 38.5 Å². The van der Waals surface area contributed by atoms with Gasteiger partial charge in [-0.2, -0.15) is 0 Å². The SMILES string of the molecule is CCCCCCCCC=Cc1cccc2c1C(=O)OC2=O. The molecule has 0 unspecified atom stereocenters. The highest BCUT2D eigenvalue weighted by Crippen LogP contribution is 2.24. The molecule has 0 aliphatic carbocycles. The molecule has 21 heavy (non-hydrogen) atoms. The molecule has 0 bridgehead atoms. The lowest BCUT2D eigenvalue weighted by Gasteiger charge is -2.00. The van der Waals surface area contributed by atoms with Crippen LogP contribution in [0.15, 0.2) is 24.3 Å². The summed E-state index contributed by atoms with van der Waals surface area (Å²) in [5.74, 6) is -1.07. The van der Waals surface area contributed by atoms with Crippen LogP contribution >= 0.6 is 0 Å². The van der Waals surface area contributed by atoms with Crippen molar-refractivity contribution in [2.75, 3.05) is 0 Å². The third-order valence-corrected chi connectivity index (χ3v) is 3.73. The van der Waals surface area contributed by atoms with Gasteiger partial charge in [0, 0.05) is 0 Å². The molecule has 3 nitrogen and oxygen atoms in total. The van der Waals surface area contributed by atoms with Gasteiger partial charge in [-0.05, 0) is 24.5 Å². The number of hydrogen-bond donors (Lipinski definition) is 0. The predicted molar refractivity (Wildman–Crippen MR) is 83.2 cm³/mol. The van der Waals surface area contributed by atoms with E-state index in [2.05, 4.69) is 17.7 Å². The van der Waals surface area contributed by atoms with E-state index >= 15 is 0 Å². The lowest BCUT2D eigenvalue weighted by molar-refractivity contribution is 0.0444. The maximum atomic E-state index is 11.7. The number of allylic oxidation sites excluding steroid dienone is 1. The maximum absolute atomic E-state index is 11.7. The highest BCUT2D eigenvalue weighted by Gasteiger charge is 2.31. The fourth-order valence-electron chi connectivity index (χ4n) is 2.55. The summed E-state index contributed by atoms with van der Waals surface area (Å²) >= 11 is 0. The molecule has 3 heteroatoms. The highest BCUT2D eigenvalue weighted by molar-refractivity contribution is 6.16. The topological polar surface area (TPSA) is 43.4 Å². The number of cyclic esters (lactones) is 2. The monoisotopic (exact) mass is 286 g/mol. The molecule has 1 aliphatic rings. The summed E-state index contributed by atoms with van der Waals surface area (Å²) in [5, 5.41) is 0. The van der Waals surface area contributed by atoms with E-state index in [-0.39, 0.29) is 0 Å². The Morgan fingerprint density at radius 2 is 1.76 bits per heavy atom. The van der Waals surface area contributed by atoms with Gasteiger partial charge < -0.3 is 4.74 Å². The molecule has 0 atom stereocenters. The first-order valence-corrected chi connectivity index (χ1v) is 7.80. The second-order valence-corrected chi connectivity index (χ2v) is 5.41. The first-order chi connectivity index (χ1) is 10.2. The van der Waals surface area contributed by atoms with Crippen LogP contribution in [0, 0.1) is 0 Å². The summed E-state index contributed by atoms with van der Waals surface area (Å²) < 4.78 is 4.64. The van der Waals surface area contributed by atoms with Gasteiger partial charge in [0.15, 0.2) is 0 Å². The Morgan fingerprint density at radius 3 is 2.57 bits per heavy atom. The van der Waals surface area contributed by atoms with E-state index in [9.17, 15) is 9.59 Å². The normalized spacial score (nSPS) is 13.8. The molecule has 1 heterocycles. The second-order valence-electron chi connectivity index (χ2n) is 5.41. The van der Waals surface area contributed by atoms with Crippen LogP contribution in [-0.4, -0.2) is 11.9 Å². The summed E-state index contributed by atoms with van der Waals surface area (Å²) in [4.78, 5) is 23.1. The van der Waals surface area contributed by atoms with Crippen LogP contribution in [0.2, 0.25) is 0 Å². The van der Waals surface area contributed by atoms with E-state index in [1.54, 1.807) is 12.1 Å². The van der Waals surface area contributed by atoms with Crippen molar-refractivity contribution < 1.29 is 14.3 Å². The van der Waals surface area contributed by atoms with E-state index < -0.39 is 11.9 Å². The third kappa shape index (κ3) is 4.03. The smallest absolute Gasteiger partial charge is 0.347 e. The van der Waals surface area contributed by atoms with Crippen LogP contribution in [-0.2, 0) is 4.74 Å². The van der Waals surface area contributed by atoms with Crippen LogP contribution in [0.25, 0.3) is 6.08 Å². The van der Waals surface area contributed by atoms with Crippen molar-refractivity contribution >= 4 is 18.0 Å². The van der Waals surface area contributed by atoms with Crippen LogP contribution < -0.4 is 0 Å². The van der Waals surface area contributed by atoms with E-state index in [0.29, 0.717) is 11.1 Å². The number of rotatable bonds is 8. The molecule has 1 aliphatic heterocycles. The molecule has 0 fully saturated rings. The number of carbonyl (C=O) groups is 2. The van der Waals surface area contributed by atoms with Gasteiger partial charge in [0.25, 0.3) is 0 Å². The van der Waals surface area contributed by atoms with Crippen molar-refractivity contribution in [3.05, 3.63) is 41.0 Å². The van der Waals surface area contributed by atoms with Crippen molar-refractivity contribution in [3.8, 4) is 0 Å². The number of unbranched alkanes of at least 4 members (excludes halogenated alkanes) is 6. The molecular formula is C18H22O3. The quantitative estimate of drug-likeness (QED) is 0.393. The molecule has 0 spiro atoms. The average Bonchev–Trinajstić information content (AvgIpc) is 2.78. The Kier molecular flexibility index (Phi) is 5.73. The van der Waals surface area contributed by atoms with Crippen molar-refractivity contribution in [2.45, 2.75) is 51.9 Å². The fourth-order valence-corrected chi connectivity index (χ4v) is 2.55. The molecular weight excluding hydrogens is 264 g/mol. The minimum atomic E-state index is -0.541. The van der Waals surface area contributed by atoms with Gasteiger partial charge in [0.2, 0.25) is 0 Å². The van der Waals surface area contributed by atoms with Crippen molar-refractivity contribution in [1.29, 1.82) is 0 Å². The highest BCUT2D eigenvalue weighted by atomic mass is 16.6. The van der Waals surface area contributed by atoms with Crippen LogP contribution in [0.5, 0.6) is 0 Å². The Hall–Kier alpha value is -1.90. The van der Waals surface area contributed by atoms with E-state index in [1.807, 2.05) is 12.1 Å². The van der Waals surface area contributed by atoms with Gasteiger partial charge in [-0.25, -0.2) is 9.59 Å². The number of fused-ring (bicyclic) bond motifs is 1. The molecule has 2 rings (SSSR count). The van der Waals surface area contributed by atoms with E-state index in [4.69, 9.17) is 0 Å². The van der Waals surface area contributed by atoms with Crippen molar-refractivity contribution in [3.63, 3.8) is 0 Å². The zero-order chi connectivity index (χ0) is 15.1. The van der Waals surface area contributed by atoms with Gasteiger partial charge in [0.05, 0.1) is 11.1 Å². The predicted octanol–water partition coefficient (Wildman–Crippen LogP) is 4.76. The molecule has 0 saturated heterocycles. The largest absolute Gasteiger partial charge is 0.386 e. The van der Waals surface area contributed by atoms with Gasteiger partial charge in [-0.1, -0.05) is 63.3 Å². The molecule has 112 valence electrons. The minimum Gasteiger partial charge on any atom is -0.386 e. The number of ether oxygens (including phenoxy) is 1. The number of esters is 2. The Balaban J connectivity index is 1.85. The molecule has 1 aromatic rings. The van der Waals surface area contributed by atoms with Crippen LogP contribution in [0.4, 0.5) is 0 Å². The van der Waals surface area contributed by atoms with Crippen LogP contribution in [0.1, 0.15) is 78.1 Å². The van der Waals surface area contributed by atoms with E-state index in [0.717, 1.165) is 12.0 Å². The fraction of sp³-hybridized carbons (Fsp3) is 0.444.